The second-order valence-electron chi connectivity index (χ2n) is 6.18. The van der Waals surface area contributed by atoms with Crippen LogP contribution in [-0.2, 0) is 0 Å². The molecule has 2 aromatic heterocycles. The van der Waals surface area contributed by atoms with Crippen LogP contribution in [0.3, 0.4) is 0 Å². The van der Waals surface area contributed by atoms with Crippen LogP contribution in [0.5, 0.6) is 0 Å². The Morgan fingerprint density at radius 2 is 1.95 bits per heavy atom. The molecule has 0 amide bonds. The Morgan fingerprint density at radius 1 is 1.14 bits per heavy atom. The second kappa shape index (κ2) is 5.24. The van der Waals surface area contributed by atoms with Gasteiger partial charge in [-0.15, -0.1) is 0 Å². The lowest BCUT2D eigenvalue weighted by atomic mass is 10.1. The van der Waals surface area contributed by atoms with Crippen LogP contribution in [-0.4, -0.2) is 56.9 Å². The number of hydrogen-bond acceptors (Lipinski definition) is 6. The van der Waals surface area contributed by atoms with Gasteiger partial charge in [-0.25, -0.2) is 4.68 Å². The van der Waals surface area contributed by atoms with Crippen LogP contribution in [0.25, 0.3) is 5.82 Å². The van der Waals surface area contributed by atoms with Gasteiger partial charge in [0.25, 0.3) is 0 Å². The molecule has 0 radical (unpaired) electrons. The van der Waals surface area contributed by atoms with E-state index in [9.17, 15) is 0 Å². The summed E-state index contributed by atoms with van der Waals surface area (Å²) in [6, 6.07) is 5.16. The molecule has 2 aliphatic heterocycles. The predicted octanol–water partition coefficient (Wildman–Crippen LogP) is 0.917. The second-order valence-corrected chi connectivity index (χ2v) is 6.18. The van der Waals surface area contributed by atoms with Gasteiger partial charge in [0.05, 0.1) is 0 Å². The van der Waals surface area contributed by atoms with Gasteiger partial charge in [-0.3, -0.25) is 4.90 Å². The first-order chi connectivity index (χ1) is 10.7. The topological polar surface area (TPSA) is 76.1 Å². The standard InChI is InChI=1S/C15H21N7/c1-20-11-3-4-12(20)10-21(8-5-11)13-9-14(19-15(16)18-13)22-7-2-6-17-22/h2,6-7,9,11-12H,3-5,8,10H2,1H3,(H2,16,18,19). The Bertz CT molecular complexity index is 654. The highest BCUT2D eigenvalue weighted by Gasteiger charge is 2.35. The van der Waals surface area contributed by atoms with Crippen molar-refractivity contribution in [3.8, 4) is 5.82 Å². The van der Waals surface area contributed by atoms with Crippen molar-refractivity contribution in [3.63, 3.8) is 0 Å². The fourth-order valence-electron chi connectivity index (χ4n) is 3.64. The predicted molar refractivity (Wildman–Crippen MR) is 85.0 cm³/mol. The lowest BCUT2D eigenvalue weighted by molar-refractivity contribution is 0.254. The summed E-state index contributed by atoms with van der Waals surface area (Å²) < 4.78 is 1.72. The van der Waals surface area contributed by atoms with Crippen molar-refractivity contribution >= 4 is 11.8 Å². The van der Waals surface area contributed by atoms with Gasteiger partial charge in [0.2, 0.25) is 5.95 Å². The fourth-order valence-corrected chi connectivity index (χ4v) is 3.64. The van der Waals surface area contributed by atoms with Crippen LogP contribution < -0.4 is 10.6 Å². The minimum absolute atomic E-state index is 0.297. The first-order valence-corrected chi connectivity index (χ1v) is 7.82. The summed E-state index contributed by atoms with van der Waals surface area (Å²) in [5.74, 6) is 1.92. The lowest BCUT2D eigenvalue weighted by Gasteiger charge is -2.26. The number of fused-ring (bicyclic) bond motifs is 2. The minimum atomic E-state index is 0.297. The summed E-state index contributed by atoms with van der Waals surface area (Å²) in [6.07, 6.45) is 7.36. The number of anilines is 2. The molecule has 7 nitrogen and oxygen atoms in total. The third-order valence-electron chi connectivity index (χ3n) is 4.93. The van der Waals surface area contributed by atoms with Gasteiger partial charge in [0.1, 0.15) is 5.82 Å². The molecule has 0 aromatic carbocycles. The van der Waals surface area contributed by atoms with Crippen molar-refractivity contribution in [2.45, 2.75) is 31.3 Å². The molecule has 2 atom stereocenters. The van der Waals surface area contributed by atoms with Crippen LogP contribution in [0.4, 0.5) is 11.8 Å². The Kier molecular flexibility index (Phi) is 3.22. The molecular weight excluding hydrogens is 278 g/mol. The quantitative estimate of drug-likeness (QED) is 0.888. The summed E-state index contributed by atoms with van der Waals surface area (Å²) in [5, 5.41) is 4.23. The molecule has 4 rings (SSSR count). The van der Waals surface area contributed by atoms with E-state index in [1.54, 1.807) is 10.9 Å². The van der Waals surface area contributed by atoms with E-state index in [0.717, 1.165) is 24.7 Å². The Balaban J connectivity index is 1.65. The number of nitrogens with zero attached hydrogens (tertiary/aromatic N) is 6. The average molecular weight is 299 g/mol. The number of aromatic nitrogens is 4. The van der Waals surface area contributed by atoms with Gasteiger partial charge < -0.3 is 10.6 Å². The Labute approximate surface area is 129 Å². The normalized spacial score (nSPS) is 25.4. The highest BCUT2D eigenvalue weighted by atomic mass is 15.3. The van der Waals surface area contributed by atoms with Gasteiger partial charge in [-0.05, 0) is 32.4 Å². The molecule has 2 fully saturated rings. The molecule has 2 unspecified atom stereocenters. The van der Waals surface area contributed by atoms with Crippen molar-refractivity contribution in [2.75, 3.05) is 30.8 Å². The third-order valence-corrected chi connectivity index (χ3v) is 4.93. The highest BCUT2D eigenvalue weighted by Crippen LogP contribution is 2.30. The first-order valence-electron chi connectivity index (χ1n) is 7.82. The molecule has 2 aromatic rings. The summed E-state index contributed by atoms with van der Waals surface area (Å²) >= 11 is 0. The molecular formula is C15H21N7. The lowest BCUT2D eigenvalue weighted by Crippen LogP contribution is -2.37. The zero-order valence-corrected chi connectivity index (χ0v) is 12.8. The van der Waals surface area contributed by atoms with E-state index >= 15 is 0 Å². The van der Waals surface area contributed by atoms with E-state index in [2.05, 4.69) is 31.9 Å². The van der Waals surface area contributed by atoms with Gasteiger partial charge in [0, 0.05) is 43.6 Å². The third kappa shape index (κ3) is 2.31. The molecule has 0 saturated carbocycles. The maximum atomic E-state index is 5.91. The SMILES string of the molecule is CN1C2CCC1CN(c1cc(-n3cccn3)nc(N)n1)CC2. The van der Waals surface area contributed by atoms with E-state index < -0.39 is 0 Å². The number of nitrogens with two attached hydrogens (primary N) is 1. The van der Waals surface area contributed by atoms with Crippen LogP contribution in [0.2, 0.25) is 0 Å². The molecule has 2 aliphatic rings. The largest absolute Gasteiger partial charge is 0.368 e. The molecule has 0 aliphatic carbocycles. The number of rotatable bonds is 2. The molecule has 7 heteroatoms. The minimum Gasteiger partial charge on any atom is -0.368 e. The van der Waals surface area contributed by atoms with Gasteiger partial charge >= 0.3 is 0 Å². The van der Waals surface area contributed by atoms with Gasteiger partial charge in [-0.2, -0.15) is 15.1 Å². The molecule has 4 heterocycles. The van der Waals surface area contributed by atoms with Crippen LogP contribution >= 0.6 is 0 Å². The van der Waals surface area contributed by atoms with Gasteiger partial charge in [0.15, 0.2) is 5.82 Å². The summed E-state index contributed by atoms with van der Waals surface area (Å²) in [6.45, 7) is 2.02. The van der Waals surface area contributed by atoms with Crippen LogP contribution in [0, 0.1) is 0 Å². The summed E-state index contributed by atoms with van der Waals surface area (Å²) in [5.41, 5.74) is 5.91. The van der Waals surface area contributed by atoms with Crippen molar-refractivity contribution < 1.29 is 0 Å². The Hall–Kier alpha value is -2.15. The van der Waals surface area contributed by atoms with Crippen molar-refractivity contribution in [1.82, 2.24) is 24.6 Å². The molecule has 2 N–H and O–H groups in total. The van der Waals surface area contributed by atoms with Gasteiger partial charge in [-0.1, -0.05) is 0 Å². The number of nitrogen functional groups attached to an aromatic ring is 1. The average Bonchev–Trinajstić information content (AvgIpc) is 3.08. The highest BCUT2D eigenvalue weighted by molar-refractivity contribution is 5.48. The smallest absolute Gasteiger partial charge is 0.224 e. The van der Waals surface area contributed by atoms with Crippen molar-refractivity contribution in [3.05, 3.63) is 24.5 Å². The number of hydrogen-bond donors (Lipinski definition) is 1. The Morgan fingerprint density at radius 3 is 2.77 bits per heavy atom. The van der Waals surface area contributed by atoms with E-state index in [0.29, 0.717) is 18.0 Å². The van der Waals surface area contributed by atoms with E-state index in [1.807, 2.05) is 18.3 Å². The first kappa shape index (κ1) is 13.5. The molecule has 116 valence electrons. The van der Waals surface area contributed by atoms with E-state index in [1.165, 1.54) is 19.3 Å². The molecule has 22 heavy (non-hydrogen) atoms. The number of likely N-dealkylation sites (N-methyl/N-ethyl adjacent to an activating group) is 1. The fraction of sp³-hybridized carbons (Fsp3) is 0.533. The monoisotopic (exact) mass is 299 g/mol. The molecule has 2 bridgehead atoms. The van der Waals surface area contributed by atoms with Crippen molar-refractivity contribution in [1.29, 1.82) is 0 Å². The summed E-state index contributed by atoms with van der Waals surface area (Å²) in [4.78, 5) is 13.6. The maximum absolute atomic E-state index is 5.91. The summed E-state index contributed by atoms with van der Waals surface area (Å²) in [7, 11) is 2.25. The van der Waals surface area contributed by atoms with Crippen LogP contribution in [0.1, 0.15) is 19.3 Å². The molecule has 2 saturated heterocycles. The van der Waals surface area contributed by atoms with E-state index in [4.69, 9.17) is 5.73 Å². The van der Waals surface area contributed by atoms with E-state index in [-0.39, 0.29) is 0 Å². The van der Waals surface area contributed by atoms with Crippen LogP contribution in [0.15, 0.2) is 24.5 Å². The van der Waals surface area contributed by atoms with Crippen molar-refractivity contribution in [2.24, 2.45) is 0 Å². The zero-order valence-electron chi connectivity index (χ0n) is 12.8. The zero-order chi connectivity index (χ0) is 15.1. The molecule has 0 spiro atoms. The maximum Gasteiger partial charge on any atom is 0.224 e.